The molecule has 4 aromatic rings. The number of aliphatic hydroxyl groups excluding tert-OH is 1. The van der Waals surface area contributed by atoms with Crippen LogP contribution in [0.1, 0.15) is 54.6 Å². The van der Waals surface area contributed by atoms with E-state index in [1.807, 2.05) is 80.7 Å². The third-order valence-electron chi connectivity index (χ3n) is 13.1. The Bertz CT molecular complexity index is 2630. The summed E-state index contributed by atoms with van der Waals surface area (Å²) in [5, 5.41) is 13.5. The van der Waals surface area contributed by atoms with E-state index in [4.69, 9.17) is 11.6 Å². The highest BCUT2D eigenvalue weighted by Crippen LogP contribution is 2.40. The first-order valence-electron chi connectivity index (χ1n) is 22.7. The van der Waals surface area contributed by atoms with E-state index in [1.165, 1.54) is 11.8 Å². The number of halogens is 4. The number of carbonyl (C=O) groups excluding carboxylic acids is 1. The number of carbonyl (C=O) groups is 1. The molecule has 2 aliphatic carbocycles. The third kappa shape index (κ3) is 11.3. The Kier molecular flexibility index (Phi) is 15.3. The second-order valence-electron chi connectivity index (χ2n) is 17.4. The summed E-state index contributed by atoms with van der Waals surface area (Å²) in [5.74, 6) is 0. The Morgan fingerprint density at radius 1 is 0.896 bits per heavy atom. The minimum Gasteiger partial charge on any atom is -0.393 e. The van der Waals surface area contributed by atoms with Gasteiger partial charge in [0.2, 0.25) is 0 Å². The van der Waals surface area contributed by atoms with Crippen LogP contribution in [0.2, 0.25) is 5.02 Å². The lowest BCUT2D eigenvalue weighted by Crippen LogP contribution is -2.46. The van der Waals surface area contributed by atoms with Gasteiger partial charge in [0.25, 0.3) is 9.84 Å². The number of aromatic nitrogens is 1. The lowest BCUT2D eigenvalue weighted by atomic mass is 9.97. The summed E-state index contributed by atoms with van der Waals surface area (Å²) in [6.07, 6.45) is 13.3. The molecule has 1 aromatic heterocycles. The summed E-state index contributed by atoms with van der Waals surface area (Å²) in [7, 11) is -3.70. The lowest BCUT2D eigenvalue weighted by Gasteiger charge is -2.37. The highest BCUT2D eigenvalue weighted by molar-refractivity contribution is 8.03. The monoisotopic (exact) mass is 975 g/mol. The number of likely N-dealkylation sites (tertiary alicyclic amines) is 1. The fourth-order valence-corrected chi connectivity index (χ4v) is 11.6. The van der Waals surface area contributed by atoms with E-state index in [-0.39, 0.29) is 23.6 Å². The Hall–Kier alpha value is -4.97. The van der Waals surface area contributed by atoms with Gasteiger partial charge >= 0.3 is 5.51 Å². The second kappa shape index (κ2) is 21.1. The first-order valence-corrected chi connectivity index (χ1v) is 25.5. The summed E-state index contributed by atoms with van der Waals surface area (Å²) in [6, 6.07) is 22.6. The largest absolute Gasteiger partial charge is 0.501 e. The van der Waals surface area contributed by atoms with E-state index in [9.17, 15) is 31.5 Å². The average Bonchev–Trinajstić information content (AvgIpc) is 3.59. The zero-order valence-electron chi connectivity index (χ0n) is 37.6. The Morgan fingerprint density at radius 2 is 1.60 bits per heavy atom. The molecule has 0 radical (unpaired) electrons. The molecule has 4 aliphatic rings. The number of aliphatic hydroxyl groups is 1. The van der Waals surface area contributed by atoms with E-state index < -0.39 is 26.3 Å². The highest BCUT2D eigenvalue weighted by atomic mass is 35.5. The molecule has 3 heterocycles. The number of hydrazine groups is 1. The van der Waals surface area contributed by atoms with Crippen LogP contribution in [0.15, 0.2) is 119 Å². The Balaban J connectivity index is 0.902. The number of sulfone groups is 1. The van der Waals surface area contributed by atoms with Crippen LogP contribution in [0.4, 0.5) is 30.2 Å². The van der Waals surface area contributed by atoms with Gasteiger partial charge in [-0.1, -0.05) is 60.2 Å². The van der Waals surface area contributed by atoms with Crippen molar-refractivity contribution in [2.24, 2.45) is 7.05 Å². The van der Waals surface area contributed by atoms with Crippen molar-refractivity contribution in [2.45, 2.75) is 68.5 Å². The number of aldehydes is 1. The quantitative estimate of drug-likeness (QED) is 0.0488. The number of piperidine rings is 1. The molecule has 2 fully saturated rings. The van der Waals surface area contributed by atoms with E-state index in [0.717, 1.165) is 109 Å². The zero-order chi connectivity index (χ0) is 47.3. The number of alkyl halides is 3. The molecule has 356 valence electrons. The predicted molar refractivity (Wildman–Crippen MR) is 266 cm³/mol. The molecule has 0 amide bonds. The van der Waals surface area contributed by atoms with Gasteiger partial charge in [-0.3, -0.25) is 10.1 Å². The summed E-state index contributed by atoms with van der Waals surface area (Å²) >= 11 is 7.72. The van der Waals surface area contributed by atoms with Gasteiger partial charge in [-0.25, -0.2) is 8.42 Å². The molecular formula is C50H57ClF3N7O4S2. The number of benzene rings is 3. The van der Waals surface area contributed by atoms with Gasteiger partial charge in [-0.15, -0.1) is 11.8 Å². The van der Waals surface area contributed by atoms with Crippen molar-refractivity contribution in [1.29, 1.82) is 0 Å². The SMILES string of the molecule is Cc1c(C=O)c(-c2cccc(N3CCN(c4ccc(NNC5=CCC(N[C@H](CCN6CCC(O)CC6)SC6=CCCC=C6)C(S(=O)(=O)C(F)(F)F)=C5)cc4)CC3)c2)c(-c2ccc(Cl)cc2)n1C. The van der Waals surface area contributed by atoms with Crippen molar-refractivity contribution >= 4 is 56.5 Å². The number of piperazine rings is 1. The van der Waals surface area contributed by atoms with Gasteiger partial charge in [-0.05, 0) is 111 Å². The Morgan fingerprint density at radius 3 is 2.25 bits per heavy atom. The fraction of sp³-hybridized carbons (Fsp3) is 0.380. The van der Waals surface area contributed by atoms with Gasteiger partial charge in [0.05, 0.1) is 33.5 Å². The van der Waals surface area contributed by atoms with Crippen molar-refractivity contribution in [3.63, 3.8) is 0 Å². The molecule has 2 atom stereocenters. The van der Waals surface area contributed by atoms with Crippen LogP contribution in [-0.2, 0) is 16.9 Å². The Labute approximate surface area is 400 Å². The maximum Gasteiger partial charge on any atom is 0.501 e. The molecule has 2 aliphatic heterocycles. The van der Waals surface area contributed by atoms with Crippen LogP contribution < -0.4 is 26.0 Å². The second-order valence-corrected chi connectivity index (χ2v) is 21.0. The number of allylic oxidation sites excluding steroid dienone is 4. The number of anilines is 3. The molecule has 2 saturated heterocycles. The minimum atomic E-state index is -5.67. The molecule has 0 spiro atoms. The van der Waals surface area contributed by atoms with Crippen molar-refractivity contribution in [3.05, 3.63) is 135 Å². The van der Waals surface area contributed by atoms with E-state index >= 15 is 0 Å². The minimum absolute atomic E-state index is 0.0262. The van der Waals surface area contributed by atoms with Crippen molar-refractivity contribution in [3.8, 4) is 22.4 Å². The van der Waals surface area contributed by atoms with Crippen molar-refractivity contribution in [1.82, 2.24) is 20.2 Å². The molecule has 67 heavy (non-hydrogen) atoms. The molecule has 4 N–H and O–H groups in total. The van der Waals surface area contributed by atoms with Crippen LogP contribution in [0, 0.1) is 6.92 Å². The smallest absolute Gasteiger partial charge is 0.393 e. The molecule has 8 rings (SSSR count). The number of nitrogens with one attached hydrogen (secondary N) is 3. The van der Waals surface area contributed by atoms with E-state index in [1.54, 1.807) is 6.08 Å². The predicted octanol–water partition coefficient (Wildman–Crippen LogP) is 9.58. The first-order chi connectivity index (χ1) is 32.2. The molecule has 17 heteroatoms. The highest BCUT2D eigenvalue weighted by Gasteiger charge is 2.50. The van der Waals surface area contributed by atoms with Crippen LogP contribution in [0.5, 0.6) is 0 Å². The van der Waals surface area contributed by atoms with Crippen LogP contribution >= 0.6 is 23.4 Å². The van der Waals surface area contributed by atoms with Gasteiger partial charge in [-0.2, -0.15) is 13.2 Å². The van der Waals surface area contributed by atoms with Crippen molar-refractivity contribution in [2.75, 3.05) is 61.0 Å². The summed E-state index contributed by atoms with van der Waals surface area (Å²) in [4.78, 5) is 19.6. The van der Waals surface area contributed by atoms with E-state index in [2.05, 4.69) is 59.7 Å². The van der Waals surface area contributed by atoms with Gasteiger partial charge < -0.3 is 35.2 Å². The van der Waals surface area contributed by atoms with E-state index in [0.29, 0.717) is 42.1 Å². The first kappa shape index (κ1) is 48.5. The number of thioether (sulfide) groups is 1. The number of nitrogens with zero attached hydrogens (tertiary/aromatic N) is 4. The normalized spacial score (nSPS) is 19.1. The molecule has 1 unspecified atom stereocenters. The molecule has 0 saturated carbocycles. The summed E-state index contributed by atoms with van der Waals surface area (Å²) in [5.41, 5.74) is 8.74. The molecule has 3 aromatic carbocycles. The number of rotatable bonds is 16. The topological polar surface area (TPSA) is 122 Å². The van der Waals surface area contributed by atoms with Gasteiger partial charge in [0, 0.05) is 97.0 Å². The molecule has 11 nitrogen and oxygen atoms in total. The van der Waals surface area contributed by atoms with Crippen LogP contribution in [-0.4, -0.2) is 98.1 Å². The van der Waals surface area contributed by atoms with Gasteiger partial charge in [0.15, 0.2) is 6.29 Å². The fourth-order valence-electron chi connectivity index (χ4n) is 9.18. The maximum absolute atomic E-state index is 14.2. The standard InChI is InChI=1S/C50H57ClF3N7O4S2/c1-34-44(33-62)48(49(58(34)2)35-11-13-37(51)14-12-35)36-7-6-8-41(31-36)61-29-27-60(28-30-61)40-18-15-38(16-19-40)56-57-39-17-20-45(46(32-39)67(64,65)50(52,53)54)55-47(66-43-9-4-3-5-10-43)23-26-59-24-21-42(63)22-25-59/h4,6-19,31-33,42,45,47,55-57,63H,3,5,20-30H2,1-2H3/t45?,47-/m0/s1. The number of hydrogen-bond acceptors (Lipinski definition) is 11. The van der Waals surface area contributed by atoms with Crippen molar-refractivity contribution < 1.29 is 31.5 Å². The third-order valence-corrected chi connectivity index (χ3v) is 16.2. The molecule has 0 bridgehead atoms. The average molecular weight is 977 g/mol. The summed E-state index contributed by atoms with van der Waals surface area (Å²) in [6.45, 7) is 7.12. The maximum atomic E-state index is 14.2. The van der Waals surface area contributed by atoms with Crippen LogP contribution in [0.25, 0.3) is 22.4 Å². The summed E-state index contributed by atoms with van der Waals surface area (Å²) < 4.78 is 70.9. The van der Waals surface area contributed by atoms with Gasteiger partial charge in [0.1, 0.15) is 0 Å². The van der Waals surface area contributed by atoms with Crippen LogP contribution in [0.3, 0.4) is 0 Å². The molecular weight excluding hydrogens is 919 g/mol. The lowest BCUT2D eigenvalue weighted by molar-refractivity contribution is -0.0428. The number of hydrogen-bond donors (Lipinski definition) is 4. The zero-order valence-corrected chi connectivity index (χ0v) is 40.0.